The second-order valence-corrected chi connectivity index (χ2v) is 8.15. The first-order chi connectivity index (χ1) is 16.6. The molecule has 1 heterocycles. The third kappa shape index (κ3) is 5.34. The lowest BCUT2D eigenvalue weighted by molar-refractivity contribution is -0.139. The number of nitrogens with one attached hydrogen (secondary N) is 3. The number of carbonyl (C=O) groups excluding carboxylic acids is 4. The number of alkyl halides is 3. The molecule has 0 bridgehead atoms. The number of halogens is 3. The number of allylic oxidation sites excluding steroid dienone is 2. The van der Waals surface area contributed by atoms with E-state index in [0.717, 1.165) is 5.01 Å². The molecule has 0 radical (unpaired) electrons. The Morgan fingerprint density at radius 3 is 2.43 bits per heavy atom. The fourth-order valence-electron chi connectivity index (χ4n) is 4.03. The zero-order valence-electron chi connectivity index (χ0n) is 18.3. The molecule has 2 aromatic carbocycles. The zero-order chi connectivity index (χ0) is 25.2. The summed E-state index contributed by atoms with van der Waals surface area (Å²) in [5.74, 6) is -3.15. The van der Waals surface area contributed by atoms with Gasteiger partial charge in [0.2, 0.25) is 11.8 Å². The lowest BCUT2D eigenvalue weighted by Crippen LogP contribution is -2.59. The quantitative estimate of drug-likeness (QED) is 0.565. The van der Waals surface area contributed by atoms with Crippen LogP contribution in [0.1, 0.15) is 33.6 Å². The number of carbonyl (C=O) groups is 4. The van der Waals surface area contributed by atoms with E-state index in [1.165, 1.54) is 42.5 Å². The number of hydrogen-bond donors (Lipinski definition) is 3. The molecule has 2 atom stereocenters. The second kappa shape index (κ2) is 9.61. The van der Waals surface area contributed by atoms with Crippen LogP contribution in [0.15, 0.2) is 60.7 Å². The molecule has 0 saturated carbocycles. The predicted molar refractivity (Wildman–Crippen MR) is 120 cm³/mol. The van der Waals surface area contributed by atoms with E-state index in [9.17, 15) is 32.3 Å². The first-order valence-corrected chi connectivity index (χ1v) is 10.8. The van der Waals surface area contributed by atoms with E-state index < -0.39 is 36.4 Å². The molecule has 0 spiro atoms. The van der Waals surface area contributed by atoms with Gasteiger partial charge in [0.05, 0.1) is 28.8 Å². The topological polar surface area (TPSA) is 108 Å². The average molecular weight is 486 g/mol. The minimum atomic E-state index is -4.58. The number of anilines is 2. The summed E-state index contributed by atoms with van der Waals surface area (Å²) < 4.78 is 37.4. The molecule has 2 unspecified atom stereocenters. The molecule has 3 N–H and O–H groups in total. The average Bonchev–Trinajstić information content (AvgIpc) is 2.84. The largest absolute Gasteiger partial charge is 0.405 e. The van der Waals surface area contributed by atoms with Gasteiger partial charge in [-0.2, -0.15) is 13.2 Å². The van der Waals surface area contributed by atoms with Crippen LogP contribution in [0.2, 0.25) is 0 Å². The van der Waals surface area contributed by atoms with Gasteiger partial charge in [-0.25, -0.2) is 5.01 Å². The fraction of sp³-hybridized carbons (Fsp3) is 0.250. The highest BCUT2D eigenvalue weighted by Gasteiger charge is 2.42. The molecule has 1 saturated heterocycles. The summed E-state index contributed by atoms with van der Waals surface area (Å²) in [6.07, 6.45) is 0.0800. The van der Waals surface area contributed by atoms with E-state index in [-0.39, 0.29) is 34.3 Å². The van der Waals surface area contributed by atoms with Gasteiger partial charge in [0.1, 0.15) is 6.54 Å². The molecular weight excluding hydrogens is 465 g/mol. The third-order valence-electron chi connectivity index (χ3n) is 5.76. The Labute approximate surface area is 198 Å². The van der Waals surface area contributed by atoms with Gasteiger partial charge in [-0.05, 0) is 43.2 Å². The lowest BCUT2D eigenvalue weighted by atomic mass is 9.80. The van der Waals surface area contributed by atoms with Crippen molar-refractivity contribution >= 4 is 35.0 Å². The van der Waals surface area contributed by atoms with E-state index >= 15 is 0 Å². The van der Waals surface area contributed by atoms with E-state index in [2.05, 4.69) is 10.7 Å². The summed E-state index contributed by atoms with van der Waals surface area (Å²) in [5, 5.41) is 5.41. The molecular formula is C24H21F3N4O4. The number of amides is 4. The first-order valence-electron chi connectivity index (χ1n) is 10.8. The van der Waals surface area contributed by atoms with Crippen LogP contribution >= 0.6 is 0 Å². The number of para-hydroxylation sites is 1. The molecule has 35 heavy (non-hydrogen) atoms. The monoisotopic (exact) mass is 486 g/mol. The van der Waals surface area contributed by atoms with E-state index in [0.29, 0.717) is 12.8 Å². The van der Waals surface area contributed by atoms with Gasteiger partial charge in [0.15, 0.2) is 0 Å². The van der Waals surface area contributed by atoms with Gasteiger partial charge < -0.3 is 10.6 Å². The van der Waals surface area contributed by atoms with E-state index in [1.54, 1.807) is 11.4 Å². The predicted octanol–water partition coefficient (Wildman–Crippen LogP) is 3.19. The first kappa shape index (κ1) is 24.0. The molecule has 4 rings (SSSR count). The molecule has 0 aromatic heterocycles. The van der Waals surface area contributed by atoms with Crippen molar-refractivity contribution in [2.24, 2.45) is 11.8 Å². The smallest absolute Gasteiger partial charge is 0.343 e. The highest BCUT2D eigenvalue weighted by Crippen LogP contribution is 2.32. The van der Waals surface area contributed by atoms with Gasteiger partial charge >= 0.3 is 6.18 Å². The summed E-state index contributed by atoms with van der Waals surface area (Å²) >= 11 is 0. The molecule has 11 heteroatoms. The van der Waals surface area contributed by atoms with Crippen LogP contribution in [0.5, 0.6) is 0 Å². The SMILES string of the molecule is O=C(Nc1ccccc1C(=O)NCC(F)(F)F)c1cccc(N2NC(=O)C3CC=CCC3C2=O)c1. The van der Waals surface area contributed by atoms with Crippen molar-refractivity contribution in [3.8, 4) is 0 Å². The highest BCUT2D eigenvalue weighted by molar-refractivity contribution is 6.10. The number of hydrogen-bond acceptors (Lipinski definition) is 4. The second-order valence-electron chi connectivity index (χ2n) is 8.15. The zero-order valence-corrected chi connectivity index (χ0v) is 18.3. The summed E-state index contributed by atoms with van der Waals surface area (Å²) in [6.45, 7) is -1.51. The molecule has 1 fully saturated rings. The van der Waals surface area contributed by atoms with Crippen LogP contribution < -0.4 is 21.1 Å². The minimum Gasteiger partial charge on any atom is -0.343 e. The number of benzene rings is 2. The maximum absolute atomic E-state index is 13.0. The molecule has 2 aromatic rings. The molecule has 182 valence electrons. The van der Waals surface area contributed by atoms with E-state index in [1.807, 2.05) is 12.2 Å². The van der Waals surface area contributed by atoms with Crippen LogP contribution in [0.3, 0.4) is 0 Å². The Morgan fingerprint density at radius 2 is 1.69 bits per heavy atom. The molecule has 4 amide bonds. The van der Waals surface area contributed by atoms with Crippen molar-refractivity contribution in [1.82, 2.24) is 10.7 Å². The Morgan fingerprint density at radius 1 is 0.971 bits per heavy atom. The Balaban J connectivity index is 1.52. The van der Waals surface area contributed by atoms with Gasteiger partial charge in [-0.3, -0.25) is 24.6 Å². The summed E-state index contributed by atoms with van der Waals surface area (Å²) in [6, 6.07) is 11.6. The molecule has 2 aliphatic rings. The van der Waals surface area contributed by atoms with Gasteiger partial charge in [-0.1, -0.05) is 30.4 Å². The lowest BCUT2D eigenvalue weighted by Gasteiger charge is -2.38. The number of nitrogens with zero attached hydrogens (tertiary/aromatic N) is 1. The number of rotatable bonds is 5. The Bertz CT molecular complexity index is 1210. The summed E-state index contributed by atoms with van der Waals surface area (Å²) in [7, 11) is 0. The molecule has 1 aliphatic carbocycles. The van der Waals surface area contributed by atoms with Crippen molar-refractivity contribution in [2.75, 3.05) is 16.9 Å². The van der Waals surface area contributed by atoms with Crippen LogP contribution in [0.25, 0.3) is 0 Å². The van der Waals surface area contributed by atoms with Gasteiger partial charge in [-0.15, -0.1) is 0 Å². The Kier molecular flexibility index (Phi) is 6.59. The molecule has 8 nitrogen and oxygen atoms in total. The number of fused-ring (bicyclic) bond motifs is 1. The molecule has 1 aliphatic heterocycles. The maximum atomic E-state index is 13.0. The van der Waals surface area contributed by atoms with Crippen LogP contribution in [0, 0.1) is 11.8 Å². The fourth-order valence-corrected chi connectivity index (χ4v) is 4.03. The summed E-state index contributed by atoms with van der Waals surface area (Å²) in [4.78, 5) is 50.6. The van der Waals surface area contributed by atoms with Gasteiger partial charge in [0, 0.05) is 5.56 Å². The van der Waals surface area contributed by atoms with Crippen LogP contribution in [-0.4, -0.2) is 36.3 Å². The van der Waals surface area contributed by atoms with Gasteiger partial charge in [0.25, 0.3) is 11.8 Å². The highest BCUT2D eigenvalue weighted by atomic mass is 19.4. The maximum Gasteiger partial charge on any atom is 0.405 e. The number of hydrazine groups is 1. The third-order valence-corrected chi connectivity index (χ3v) is 5.76. The Hall–Kier alpha value is -4.15. The normalized spacial score (nSPS) is 19.6. The van der Waals surface area contributed by atoms with Crippen molar-refractivity contribution in [3.05, 3.63) is 71.8 Å². The van der Waals surface area contributed by atoms with Crippen LogP contribution in [0.4, 0.5) is 24.5 Å². The van der Waals surface area contributed by atoms with Crippen molar-refractivity contribution in [3.63, 3.8) is 0 Å². The van der Waals surface area contributed by atoms with E-state index in [4.69, 9.17) is 0 Å². The summed E-state index contributed by atoms with van der Waals surface area (Å²) in [5.41, 5.74) is 2.84. The standard InChI is InChI=1S/C24H21F3N4O4/c25-24(26,27)13-28-21(33)18-10-3-4-11-19(18)29-20(32)14-6-5-7-15(12-14)31-23(35)17-9-2-1-8-16(17)22(34)30-31/h1-7,10-12,16-17H,8-9,13H2,(H,28,33)(H,29,32)(H,30,34). The van der Waals surface area contributed by atoms with Crippen LogP contribution in [-0.2, 0) is 9.59 Å². The van der Waals surface area contributed by atoms with Crippen molar-refractivity contribution in [2.45, 2.75) is 19.0 Å². The van der Waals surface area contributed by atoms with Crippen molar-refractivity contribution < 1.29 is 32.3 Å². The van der Waals surface area contributed by atoms with Crippen molar-refractivity contribution in [1.29, 1.82) is 0 Å². The minimum absolute atomic E-state index is 0.0155.